The number of hydrogen-bond donors (Lipinski definition) is 2. The second-order valence-corrected chi connectivity index (χ2v) is 7.10. The van der Waals surface area contributed by atoms with Crippen molar-refractivity contribution in [3.63, 3.8) is 0 Å². The van der Waals surface area contributed by atoms with Crippen molar-refractivity contribution in [3.8, 4) is 0 Å². The highest BCUT2D eigenvalue weighted by Gasteiger charge is 2.20. The average molecular weight is 421 g/mol. The lowest BCUT2D eigenvalue weighted by molar-refractivity contribution is -0.119. The van der Waals surface area contributed by atoms with Gasteiger partial charge in [-0.25, -0.2) is 9.18 Å². The predicted molar refractivity (Wildman–Crippen MR) is 106 cm³/mol. The van der Waals surface area contributed by atoms with Crippen LogP contribution in [0.5, 0.6) is 0 Å². The van der Waals surface area contributed by atoms with Crippen molar-refractivity contribution in [2.45, 2.75) is 0 Å². The van der Waals surface area contributed by atoms with Crippen molar-refractivity contribution in [3.05, 3.63) is 63.7 Å². The van der Waals surface area contributed by atoms with Crippen LogP contribution >= 0.6 is 22.9 Å². The van der Waals surface area contributed by atoms with Crippen molar-refractivity contribution in [1.29, 1.82) is 0 Å². The molecule has 2 aromatic carbocycles. The Kier molecular flexibility index (Phi) is 5.91. The number of esters is 1. The number of fused-ring (bicyclic) bond motifs is 1. The molecule has 28 heavy (non-hydrogen) atoms. The van der Waals surface area contributed by atoms with E-state index in [1.165, 1.54) is 25.2 Å². The van der Waals surface area contributed by atoms with Crippen LogP contribution in [0, 0.1) is 5.82 Å². The first-order chi connectivity index (χ1) is 13.4. The molecule has 144 valence electrons. The molecule has 0 saturated heterocycles. The van der Waals surface area contributed by atoms with Gasteiger partial charge in [0.1, 0.15) is 10.7 Å². The van der Waals surface area contributed by atoms with E-state index < -0.39 is 24.3 Å². The third-order valence-electron chi connectivity index (χ3n) is 3.77. The fraction of sp³-hybridized carbons (Fsp3) is 0.105. The summed E-state index contributed by atoms with van der Waals surface area (Å²) in [6.07, 6.45) is 0. The molecular formula is C19H14ClFN2O4S. The molecule has 6 nitrogen and oxygen atoms in total. The maximum Gasteiger partial charge on any atom is 0.350 e. The number of rotatable bonds is 5. The standard InChI is InChI=1S/C19H14ClFN2O4S/c1-22-18(25)10-2-5-12(6-3-10)23-15(24)9-27-19(26)17-16(20)13-7-4-11(21)8-14(13)28-17/h2-8H,9H2,1H3,(H,22,25)(H,23,24). The van der Waals surface area contributed by atoms with E-state index in [4.69, 9.17) is 16.3 Å². The molecule has 1 heterocycles. The number of nitrogens with one attached hydrogen (secondary N) is 2. The van der Waals surface area contributed by atoms with Crippen molar-refractivity contribution in [1.82, 2.24) is 5.32 Å². The van der Waals surface area contributed by atoms with Crippen LogP contribution in [-0.4, -0.2) is 31.4 Å². The van der Waals surface area contributed by atoms with Crippen molar-refractivity contribution < 1.29 is 23.5 Å². The van der Waals surface area contributed by atoms with E-state index >= 15 is 0 Å². The van der Waals surface area contributed by atoms with Gasteiger partial charge in [0.25, 0.3) is 11.8 Å². The van der Waals surface area contributed by atoms with E-state index in [2.05, 4.69) is 10.6 Å². The van der Waals surface area contributed by atoms with Crippen molar-refractivity contribution in [2.24, 2.45) is 0 Å². The number of anilines is 1. The molecule has 9 heteroatoms. The van der Waals surface area contributed by atoms with Gasteiger partial charge in [-0.3, -0.25) is 9.59 Å². The summed E-state index contributed by atoms with van der Waals surface area (Å²) < 4.78 is 18.8. The van der Waals surface area contributed by atoms with Crippen LogP contribution in [0.25, 0.3) is 10.1 Å². The van der Waals surface area contributed by atoms with Crippen molar-refractivity contribution in [2.75, 3.05) is 19.0 Å². The Morgan fingerprint density at radius 1 is 1.14 bits per heavy atom. The zero-order chi connectivity index (χ0) is 20.3. The molecule has 0 aliphatic carbocycles. The van der Waals surface area contributed by atoms with Gasteiger partial charge in [0.2, 0.25) is 0 Å². The second kappa shape index (κ2) is 8.37. The summed E-state index contributed by atoms with van der Waals surface area (Å²) in [4.78, 5) is 35.8. The zero-order valence-corrected chi connectivity index (χ0v) is 16.1. The number of carbonyl (C=O) groups is 3. The SMILES string of the molecule is CNC(=O)c1ccc(NC(=O)COC(=O)c2sc3cc(F)ccc3c2Cl)cc1. The van der Waals surface area contributed by atoms with Crippen LogP contribution in [0.4, 0.5) is 10.1 Å². The maximum atomic E-state index is 13.3. The highest BCUT2D eigenvalue weighted by atomic mass is 35.5. The molecule has 2 amide bonds. The van der Waals surface area contributed by atoms with Crippen LogP contribution in [0.1, 0.15) is 20.0 Å². The number of hydrogen-bond acceptors (Lipinski definition) is 5. The summed E-state index contributed by atoms with van der Waals surface area (Å²) >= 11 is 7.15. The first kappa shape index (κ1) is 19.8. The summed E-state index contributed by atoms with van der Waals surface area (Å²) in [5, 5.41) is 5.75. The predicted octanol–water partition coefficient (Wildman–Crippen LogP) is 3.85. The van der Waals surface area contributed by atoms with Crippen LogP contribution < -0.4 is 10.6 Å². The molecule has 0 saturated carbocycles. The summed E-state index contributed by atoms with van der Waals surface area (Å²) in [6, 6.07) is 10.2. The van der Waals surface area contributed by atoms with Gasteiger partial charge in [-0.05, 0) is 42.5 Å². The minimum Gasteiger partial charge on any atom is -0.451 e. The van der Waals surface area contributed by atoms with Gasteiger partial charge in [-0.2, -0.15) is 0 Å². The van der Waals surface area contributed by atoms with Crippen LogP contribution in [-0.2, 0) is 9.53 Å². The lowest BCUT2D eigenvalue weighted by atomic mass is 10.2. The Morgan fingerprint density at radius 2 is 1.86 bits per heavy atom. The second-order valence-electron chi connectivity index (χ2n) is 5.67. The summed E-state index contributed by atoms with van der Waals surface area (Å²) in [5.74, 6) is -2.00. The van der Waals surface area contributed by atoms with E-state index in [9.17, 15) is 18.8 Å². The molecule has 0 atom stereocenters. The largest absolute Gasteiger partial charge is 0.451 e. The molecule has 2 N–H and O–H groups in total. The monoisotopic (exact) mass is 420 g/mol. The number of amides is 2. The molecule has 0 radical (unpaired) electrons. The number of carbonyl (C=O) groups excluding carboxylic acids is 3. The Bertz CT molecular complexity index is 1070. The van der Waals surface area contributed by atoms with E-state index in [0.717, 1.165) is 11.3 Å². The van der Waals surface area contributed by atoms with E-state index in [1.807, 2.05) is 0 Å². The molecule has 3 aromatic rings. The molecule has 0 spiro atoms. The van der Waals surface area contributed by atoms with E-state index in [-0.39, 0.29) is 15.8 Å². The summed E-state index contributed by atoms with van der Waals surface area (Å²) in [5.41, 5.74) is 0.895. The van der Waals surface area contributed by atoms with E-state index in [0.29, 0.717) is 21.3 Å². The lowest BCUT2D eigenvalue weighted by Crippen LogP contribution is -2.21. The number of ether oxygens (including phenoxy) is 1. The van der Waals surface area contributed by atoms with Gasteiger partial charge in [-0.1, -0.05) is 11.6 Å². The maximum absolute atomic E-state index is 13.3. The fourth-order valence-corrected chi connectivity index (χ4v) is 3.84. The Hall–Kier alpha value is -2.97. The van der Waals surface area contributed by atoms with Crippen LogP contribution in [0.2, 0.25) is 5.02 Å². The van der Waals surface area contributed by atoms with Crippen molar-refractivity contribution >= 4 is 56.5 Å². The Morgan fingerprint density at radius 3 is 2.54 bits per heavy atom. The van der Waals surface area contributed by atoms with Crippen LogP contribution in [0.15, 0.2) is 42.5 Å². The minimum absolute atomic E-state index is 0.102. The van der Waals surface area contributed by atoms with Gasteiger partial charge in [-0.15, -0.1) is 11.3 Å². The summed E-state index contributed by atoms with van der Waals surface area (Å²) in [7, 11) is 1.52. The summed E-state index contributed by atoms with van der Waals surface area (Å²) in [6.45, 7) is -0.519. The molecule has 0 aliphatic heterocycles. The number of benzene rings is 2. The Labute approximate surface area is 168 Å². The first-order valence-corrected chi connectivity index (χ1v) is 9.25. The smallest absolute Gasteiger partial charge is 0.350 e. The molecule has 3 rings (SSSR count). The highest BCUT2D eigenvalue weighted by molar-refractivity contribution is 7.21. The molecule has 0 bridgehead atoms. The normalized spacial score (nSPS) is 10.5. The van der Waals surface area contributed by atoms with Gasteiger partial charge < -0.3 is 15.4 Å². The molecule has 1 aromatic heterocycles. The quantitative estimate of drug-likeness (QED) is 0.614. The van der Waals surface area contributed by atoms with Gasteiger partial charge in [0.15, 0.2) is 6.61 Å². The Balaban J connectivity index is 1.61. The molecule has 0 aliphatic rings. The number of thiophene rings is 1. The molecule has 0 fully saturated rings. The first-order valence-electron chi connectivity index (χ1n) is 8.05. The highest BCUT2D eigenvalue weighted by Crippen LogP contribution is 2.36. The minimum atomic E-state index is -0.767. The fourth-order valence-electron chi connectivity index (χ4n) is 2.41. The van der Waals surface area contributed by atoms with Gasteiger partial charge in [0, 0.05) is 28.4 Å². The van der Waals surface area contributed by atoms with Gasteiger partial charge in [0.05, 0.1) is 5.02 Å². The lowest BCUT2D eigenvalue weighted by Gasteiger charge is -2.07. The molecular weight excluding hydrogens is 407 g/mol. The third kappa shape index (κ3) is 4.29. The van der Waals surface area contributed by atoms with Gasteiger partial charge >= 0.3 is 5.97 Å². The third-order valence-corrected chi connectivity index (χ3v) is 5.41. The number of halogens is 2. The molecule has 0 unspecified atom stereocenters. The average Bonchev–Trinajstić information content (AvgIpc) is 3.02. The zero-order valence-electron chi connectivity index (χ0n) is 14.5. The topological polar surface area (TPSA) is 84.5 Å². The van der Waals surface area contributed by atoms with Crippen LogP contribution in [0.3, 0.4) is 0 Å². The van der Waals surface area contributed by atoms with E-state index in [1.54, 1.807) is 24.3 Å².